The number of nitrogens with zero attached hydrogens (tertiary/aromatic N) is 2. The molecule has 0 aromatic heterocycles. The number of carbonyl (C=O) groups excluding carboxylic acids is 1. The van der Waals surface area contributed by atoms with Gasteiger partial charge in [0.25, 0.3) is 0 Å². The van der Waals surface area contributed by atoms with E-state index in [0.29, 0.717) is 6.54 Å². The molecule has 0 unspecified atom stereocenters. The summed E-state index contributed by atoms with van der Waals surface area (Å²) in [6.45, 7) is 2.91. The van der Waals surface area contributed by atoms with Gasteiger partial charge in [-0.15, -0.1) is 0 Å². The molecular weight excluding hydrogens is 226 g/mol. The van der Waals surface area contributed by atoms with Crippen LogP contribution in [0.5, 0.6) is 0 Å². The Balaban J connectivity index is 1.89. The highest BCUT2D eigenvalue weighted by Crippen LogP contribution is 2.20. The van der Waals surface area contributed by atoms with Crippen molar-refractivity contribution in [2.45, 2.75) is 19.4 Å². The second-order valence-corrected chi connectivity index (χ2v) is 4.91. The molecule has 1 aliphatic heterocycles. The molecule has 1 N–H and O–H groups in total. The number of benzene rings is 1. The van der Waals surface area contributed by atoms with Gasteiger partial charge in [-0.3, -0.25) is 0 Å². The Morgan fingerprint density at radius 1 is 1.22 bits per heavy atom. The zero-order chi connectivity index (χ0) is 13.0. The number of anilines is 1. The Morgan fingerprint density at radius 3 is 2.39 bits per heavy atom. The molecule has 0 aliphatic carbocycles. The molecule has 98 valence electrons. The number of urea groups is 1. The summed E-state index contributed by atoms with van der Waals surface area (Å²) in [7, 11) is 3.48. The molecule has 4 nitrogen and oxygen atoms in total. The predicted octanol–water partition coefficient (Wildman–Crippen LogP) is 2.06. The zero-order valence-electron chi connectivity index (χ0n) is 11.1. The van der Waals surface area contributed by atoms with Crippen molar-refractivity contribution in [3.63, 3.8) is 0 Å². The number of hydrogen-bond acceptors (Lipinski definition) is 2. The molecule has 0 atom stereocenters. The maximum absolute atomic E-state index is 11.4. The maximum Gasteiger partial charge on any atom is 0.317 e. The molecule has 0 saturated carbocycles. The first-order valence-electron chi connectivity index (χ1n) is 6.46. The van der Waals surface area contributed by atoms with Gasteiger partial charge in [0.15, 0.2) is 0 Å². The van der Waals surface area contributed by atoms with Crippen molar-refractivity contribution in [3.8, 4) is 0 Å². The van der Waals surface area contributed by atoms with Crippen molar-refractivity contribution < 1.29 is 4.79 Å². The van der Waals surface area contributed by atoms with Gasteiger partial charge in [-0.2, -0.15) is 0 Å². The second kappa shape index (κ2) is 5.76. The quantitative estimate of drug-likeness (QED) is 0.887. The van der Waals surface area contributed by atoms with Crippen LogP contribution in [0, 0.1) is 0 Å². The summed E-state index contributed by atoms with van der Waals surface area (Å²) in [5.41, 5.74) is 2.42. The van der Waals surface area contributed by atoms with Crippen molar-refractivity contribution in [2.75, 3.05) is 32.1 Å². The molecule has 2 amide bonds. The van der Waals surface area contributed by atoms with E-state index in [1.54, 1.807) is 19.0 Å². The fourth-order valence-electron chi connectivity index (χ4n) is 2.14. The number of rotatable bonds is 3. The van der Waals surface area contributed by atoms with Crippen LogP contribution in [-0.4, -0.2) is 38.1 Å². The Bertz CT molecular complexity index is 394. The molecular formula is C14H21N3O. The van der Waals surface area contributed by atoms with E-state index in [-0.39, 0.29) is 6.03 Å². The summed E-state index contributed by atoms with van der Waals surface area (Å²) in [6, 6.07) is 8.40. The van der Waals surface area contributed by atoms with Crippen molar-refractivity contribution in [1.29, 1.82) is 0 Å². The predicted molar refractivity (Wildman–Crippen MR) is 73.8 cm³/mol. The minimum Gasteiger partial charge on any atom is -0.372 e. The molecule has 1 aromatic rings. The van der Waals surface area contributed by atoms with Gasteiger partial charge in [-0.25, -0.2) is 4.79 Å². The highest BCUT2D eigenvalue weighted by molar-refractivity contribution is 5.73. The minimum atomic E-state index is -0.0568. The van der Waals surface area contributed by atoms with Gasteiger partial charge in [0, 0.05) is 39.4 Å². The fourth-order valence-corrected chi connectivity index (χ4v) is 2.14. The lowest BCUT2D eigenvalue weighted by atomic mass is 10.2. The highest BCUT2D eigenvalue weighted by Gasteiger charge is 2.11. The Kier molecular flexibility index (Phi) is 4.07. The SMILES string of the molecule is CN(C)C(=O)NCc1ccc(N2CCCC2)cc1. The summed E-state index contributed by atoms with van der Waals surface area (Å²) in [6.07, 6.45) is 2.58. The fraction of sp³-hybridized carbons (Fsp3) is 0.500. The minimum absolute atomic E-state index is 0.0568. The average Bonchev–Trinajstić information content (AvgIpc) is 2.90. The molecule has 1 fully saturated rings. The topological polar surface area (TPSA) is 35.6 Å². The van der Waals surface area contributed by atoms with Crippen LogP contribution < -0.4 is 10.2 Å². The third-order valence-electron chi connectivity index (χ3n) is 3.26. The first-order valence-corrected chi connectivity index (χ1v) is 6.46. The average molecular weight is 247 g/mol. The van der Waals surface area contributed by atoms with E-state index in [9.17, 15) is 4.79 Å². The molecule has 2 rings (SSSR count). The third-order valence-corrected chi connectivity index (χ3v) is 3.26. The Labute approximate surface area is 109 Å². The monoisotopic (exact) mass is 247 g/mol. The number of carbonyl (C=O) groups is 1. The molecule has 1 saturated heterocycles. The van der Waals surface area contributed by atoms with Crippen LogP contribution in [0.25, 0.3) is 0 Å². The standard InChI is InChI=1S/C14H21N3O/c1-16(2)14(18)15-11-12-5-7-13(8-6-12)17-9-3-4-10-17/h5-8H,3-4,9-11H2,1-2H3,(H,15,18). The van der Waals surface area contributed by atoms with Crippen molar-refractivity contribution >= 4 is 11.7 Å². The smallest absolute Gasteiger partial charge is 0.317 e. The third kappa shape index (κ3) is 3.15. The van der Waals surface area contributed by atoms with Crippen LogP contribution in [0.3, 0.4) is 0 Å². The molecule has 0 bridgehead atoms. The van der Waals surface area contributed by atoms with E-state index in [2.05, 4.69) is 34.5 Å². The summed E-state index contributed by atoms with van der Waals surface area (Å²) in [5, 5.41) is 2.86. The van der Waals surface area contributed by atoms with Crippen LogP contribution in [0.4, 0.5) is 10.5 Å². The van der Waals surface area contributed by atoms with Crippen LogP contribution >= 0.6 is 0 Å². The van der Waals surface area contributed by atoms with Gasteiger partial charge < -0.3 is 15.1 Å². The lowest BCUT2D eigenvalue weighted by molar-refractivity contribution is 0.217. The van der Waals surface area contributed by atoms with Gasteiger partial charge in [0.2, 0.25) is 0 Å². The largest absolute Gasteiger partial charge is 0.372 e. The van der Waals surface area contributed by atoms with Crippen LogP contribution in [0.1, 0.15) is 18.4 Å². The van der Waals surface area contributed by atoms with Gasteiger partial charge in [0.05, 0.1) is 0 Å². The van der Waals surface area contributed by atoms with E-state index < -0.39 is 0 Å². The molecule has 0 spiro atoms. The van der Waals surface area contributed by atoms with Crippen molar-refractivity contribution in [1.82, 2.24) is 10.2 Å². The molecule has 1 heterocycles. The maximum atomic E-state index is 11.4. The van der Waals surface area contributed by atoms with Gasteiger partial charge >= 0.3 is 6.03 Å². The van der Waals surface area contributed by atoms with Crippen LogP contribution in [0.2, 0.25) is 0 Å². The van der Waals surface area contributed by atoms with Gasteiger partial charge in [-0.05, 0) is 30.5 Å². The van der Waals surface area contributed by atoms with E-state index in [1.807, 2.05) is 0 Å². The second-order valence-electron chi connectivity index (χ2n) is 4.91. The molecule has 1 aliphatic rings. The summed E-state index contributed by atoms with van der Waals surface area (Å²) in [4.78, 5) is 15.3. The Hall–Kier alpha value is -1.71. The lowest BCUT2D eigenvalue weighted by Gasteiger charge is -2.18. The molecule has 4 heteroatoms. The first kappa shape index (κ1) is 12.7. The zero-order valence-corrected chi connectivity index (χ0v) is 11.1. The van der Waals surface area contributed by atoms with E-state index in [0.717, 1.165) is 18.7 Å². The lowest BCUT2D eigenvalue weighted by Crippen LogP contribution is -2.33. The number of nitrogens with one attached hydrogen (secondary N) is 1. The molecule has 1 aromatic carbocycles. The first-order chi connectivity index (χ1) is 8.66. The number of amides is 2. The van der Waals surface area contributed by atoms with Crippen LogP contribution in [-0.2, 0) is 6.54 Å². The highest BCUT2D eigenvalue weighted by atomic mass is 16.2. The van der Waals surface area contributed by atoms with Crippen LogP contribution in [0.15, 0.2) is 24.3 Å². The Morgan fingerprint density at radius 2 is 1.83 bits per heavy atom. The molecule has 0 radical (unpaired) electrons. The van der Waals surface area contributed by atoms with Gasteiger partial charge in [0.1, 0.15) is 0 Å². The normalized spacial score (nSPS) is 14.7. The molecule has 18 heavy (non-hydrogen) atoms. The van der Waals surface area contributed by atoms with E-state index in [1.165, 1.54) is 18.5 Å². The summed E-state index contributed by atoms with van der Waals surface area (Å²) < 4.78 is 0. The van der Waals surface area contributed by atoms with Gasteiger partial charge in [-0.1, -0.05) is 12.1 Å². The van der Waals surface area contributed by atoms with E-state index >= 15 is 0 Å². The van der Waals surface area contributed by atoms with Crippen molar-refractivity contribution in [2.24, 2.45) is 0 Å². The van der Waals surface area contributed by atoms with E-state index in [4.69, 9.17) is 0 Å². The number of hydrogen-bond donors (Lipinski definition) is 1. The summed E-state index contributed by atoms with van der Waals surface area (Å²) >= 11 is 0. The summed E-state index contributed by atoms with van der Waals surface area (Å²) in [5.74, 6) is 0. The van der Waals surface area contributed by atoms with Crippen molar-refractivity contribution in [3.05, 3.63) is 29.8 Å².